The molecule has 164 valence electrons. The predicted octanol–water partition coefficient (Wildman–Crippen LogP) is 5.83. The number of carbonyl (C=O) groups is 1. The van der Waals surface area contributed by atoms with E-state index in [9.17, 15) is 9.18 Å². The lowest BCUT2D eigenvalue weighted by Gasteiger charge is -2.22. The Hall–Kier alpha value is -3.84. The van der Waals surface area contributed by atoms with Gasteiger partial charge < -0.3 is 4.42 Å². The molecule has 33 heavy (non-hydrogen) atoms. The van der Waals surface area contributed by atoms with Gasteiger partial charge in [0, 0.05) is 35.0 Å². The summed E-state index contributed by atoms with van der Waals surface area (Å²) in [7, 11) is 0. The standard InChI is InChI=1S/C25H18ClFN4O2/c1-15-23(29-24(33-15)17-2-6-19(26)7-3-17)21-14-22(16-4-8-20(27)9-5-16)31(30-21)25(32)18-10-12-28-13-11-18/h2-13,22H,14H2,1H3. The number of hydrazone groups is 1. The largest absolute Gasteiger partial charge is 0.441 e. The third kappa shape index (κ3) is 4.15. The fourth-order valence-corrected chi connectivity index (χ4v) is 3.92. The lowest BCUT2D eigenvalue weighted by molar-refractivity contribution is 0.0711. The maximum absolute atomic E-state index is 13.5. The third-order valence-electron chi connectivity index (χ3n) is 5.46. The van der Waals surface area contributed by atoms with E-state index in [1.54, 1.807) is 48.8 Å². The molecule has 0 spiro atoms. The van der Waals surface area contributed by atoms with Crippen LogP contribution in [0.25, 0.3) is 11.5 Å². The number of amides is 1. The van der Waals surface area contributed by atoms with Gasteiger partial charge in [-0.1, -0.05) is 23.7 Å². The first-order valence-corrected chi connectivity index (χ1v) is 10.7. The number of aromatic nitrogens is 2. The molecule has 0 fully saturated rings. The lowest BCUT2D eigenvalue weighted by Crippen LogP contribution is -2.27. The van der Waals surface area contributed by atoms with Gasteiger partial charge in [0.25, 0.3) is 5.91 Å². The van der Waals surface area contributed by atoms with Gasteiger partial charge in [0.05, 0.1) is 11.8 Å². The molecule has 1 amide bonds. The molecular weight excluding hydrogens is 443 g/mol. The van der Waals surface area contributed by atoms with Crippen LogP contribution in [-0.2, 0) is 0 Å². The number of hydrogen-bond acceptors (Lipinski definition) is 5. The maximum Gasteiger partial charge on any atom is 0.274 e. The molecule has 0 aliphatic carbocycles. The number of oxazole rings is 1. The van der Waals surface area contributed by atoms with Crippen LogP contribution in [0.5, 0.6) is 0 Å². The SMILES string of the molecule is Cc1oc(-c2ccc(Cl)cc2)nc1C1=NN(C(=O)c2ccncc2)C(c2ccc(F)cc2)C1. The molecule has 1 unspecified atom stereocenters. The lowest BCUT2D eigenvalue weighted by atomic mass is 10.00. The first-order valence-electron chi connectivity index (χ1n) is 10.3. The van der Waals surface area contributed by atoms with Gasteiger partial charge in [-0.05, 0) is 61.0 Å². The highest BCUT2D eigenvalue weighted by Gasteiger charge is 2.35. The van der Waals surface area contributed by atoms with E-state index >= 15 is 0 Å². The number of aryl methyl sites for hydroxylation is 1. The van der Waals surface area contributed by atoms with E-state index < -0.39 is 6.04 Å². The molecule has 3 heterocycles. The third-order valence-corrected chi connectivity index (χ3v) is 5.71. The van der Waals surface area contributed by atoms with Crippen LogP contribution in [0.1, 0.15) is 39.8 Å². The van der Waals surface area contributed by atoms with Crippen LogP contribution in [-0.4, -0.2) is 26.6 Å². The smallest absolute Gasteiger partial charge is 0.274 e. The minimum absolute atomic E-state index is 0.277. The second-order valence-corrected chi connectivity index (χ2v) is 8.07. The van der Waals surface area contributed by atoms with E-state index in [4.69, 9.17) is 16.0 Å². The fraction of sp³-hybridized carbons (Fsp3) is 0.120. The Bertz CT molecular complexity index is 1340. The molecule has 1 aliphatic rings. The summed E-state index contributed by atoms with van der Waals surface area (Å²) in [5.41, 5.74) is 3.22. The summed E-state index contributed by atoms with van der Waals surface area (Å²) in [6.45, 7) is 1.81. The normalized spacial score (nSPS) is 15.5. The van der Waals surface area contributed by atoms with Crippen molar-refractivity contribution >= 4 is 23.2 Å². The Kier molecular flexibility index (Phi) is 5.48. The van der Waals surface area contributed by atoms with E-state index in [0.29, 0.717) is 40.1 Å². The number of nitrogens with zero attached hydrogens (tertiary/aromatic N) is 4. The van der Waals surface area contributed by atoms with Gasteiger partial charge in [0.1, 0.15) is 17.3 Å². The Morgan fingerprint density at radius 2 is 1.76 bits per heavy atom. The van der Waals surface area contributed by atoms with Gasteiger partial charge in [-0.25, -0.2) is 14.4 Å². The van der Waals surface area contributed by atoms with E-state index in [1.165, 1.54) is 17.1 Å². The molecule has 0 saturated heterocycles. The van der Waals surface area contributed by atoms with Crippen molar-refractivity contribution in [2.45, 2.75) is 19.4 Å². The molecule has 0 saturated carbocycles. The zero-order valence-electron chi connectivity index (χ0n) is 17.6. The van der Waals surface area contributed by atoms with Gasteiger partial charge >= 0.3 is 0 Å². The molecule has 2 aromatic carbocycles. The average molecular weight is 461 g/mol. The van der Waals surface area contributed by atoms with Gasteiger partial charge in [-0.3, -0.25) is 9.78 Å². The number of carbonyl (C=O) groups excluding carboxylic acids is 1. The van der Waals surface area contributed by atoms with Crippen LogP contribution in [0.2, 0.25) is 5.02 Å². The molecule has 1 aliphatic heterocycles. The van der Waals surface area contributed by atoms with E-state index in [1.807, 2.05) is 19.1 Å². The summed E-state index contributed by atoms with van der Waals surface area (Å²) in [6.07, 6.45) is 3.53. The van der Waals surface area contributed by atoms with Gasteiger partial charge in [-0.15, -0.1) is 0 Å². The summed E-state index contributed by atoms with van der Waals surface area (Å²) < 4.78 is 19.4. The Morgan fingerprint density at radius 1 is 1.06 bits per heavy atom. The van der Waals surface area contributed by atoms with Crippen LogP contribution in [0.3, 0.4) is 0 Å². The highest BCUT2D eigenvalue weighted by atomic mass is 35.5. The molecule has 8 heteroatoms. The molecule has 2 aromatic heterocycles. The Balaban J connectivity index is 1.53. The van der Waals surface area contributed by atoms with Crippen LogP contribution in [0, 0.1) is 12.7 Å². The average Bonchev–Trinajstić information content (AvgIpc) is 3.44. The topological polar surface area (TPSA) is 71.6 Å². The van der Waals surface area contributed by atoms with Crippen molar-refractivity contribution in [2.24, 2.45) is 5.10 Å². The molecule has 0 N–H and O–H groups in total. The minimum Gasteiger partial charge on any atom is -0.441 e. The molecular formula is C25H18ClFN4O2. The predicted molar refractivity (Wildman–Crippen MR) is 122 cm³/mol. The number of benzene rings is 2. The number of rotatable bonds is 4. The molecule has 4 aromatic rings. The quantitative estimate of drug-likeness (QED) is 0.384. The van der Waals surface area contributed by atoms with Gasteiger partial charge in [0.2, 0.25) is 5.89 Å². The van der Waals surface area contributed by atoms with Gasteiger partial charge in [0.15, 0.2) is 0 Å². The highest BCUT2D eigenvalue weighted by molar-refractivity contribution is 6.30. The summed E-state index contributed by atoms with van der Waals surface area (Å²) in [6, 6.07) is 16.1. The van der Waals surface area contributed by atoms with Crippen molar-refractivity contribution in [3.05, 3.63) is 106 Å². The van der Waals surface area contributed by atoms with Crippen LogP contribution in [0.15, 0.2) is 82.6 Å². The number of halogens is 2. The minimum atomic E-state index is -0.406. The Labute approximate surface area is 194 Å². The second kappa shape index (κ2) is 8.60. The van der Waals surface area contributed by atoms with Crippen LogP contribution >= 0.6 is 11.6 Å². The Morgan fingerprint density at radius 3 is 2.45 bits per heavy atom. The molecule has 0 radical (unpaired) electrons. The summed E-state index contributed by atoms with van der Waals surface area (Å²) >= 11 is 5.98. The molecule has 6 nitrogen and oxygen atoms in total. The highest BCUT2D eigenvalue weighted by Crippen LogP contribution is 2.35. The number of pyridine rings is 1. The van der Waals surface area contributed by atoms with Crippen molar-refractivity contribution in [3.8, 4) is 11.5 Å². The summed E-state index contributed by atoms with van der Waals surface area (Å²) in [5, 5.41) is 6.68. The van der Waals surface area contributed by atoms with Crippen molar-refractivity contribution in [3.63, 3.8) is 0 Å². The van der Waals surface area contributed by atoms with Crippen molar-refractivity contribution < 1.29 is 13.6 Å². The second-order valence-electron chi connectivity index (χ2n) is 7.63. The molecule has 0 bridgehead atoms. The van der Waals surface area contributed by atoms with E-state index in [-0.39, 0.29) is 11.7 Å². The van der Waals surface area contributed by atoms with Crippen molar-refractivity contribution in [2.75, 3.05) is 0 Å². The molecule has 1 atom stereocenters. The summed E-state index contributed by atoms with van der Waals surface area (Å²) in [4.78, 5) is 21.9. The fourth-order valence-electron chi connectivity index (χ4n) is 3.79. The zero-order valence-corrected chi connectivity index (χ0v) is 18.3. The van der Waals surface area contributed by atoms with Crippen molar-refractivity contribution in [1.82, 2.24) is 15.0 Å². The molecule has 5 rings (SSSR count). The van der Waals surface area contributed by atoms with E-state index in [0.717, 1.165) is 11.1 Å². The zero-order chi connectivity index (χ0) is 22.9. The van der Waals surface area contributed by atoms with Crippen LogP contribution in [0.4, 0.5) is 4.39 Å². The maximum atomic E-state index is 13.5. The van der Waals surface area contributed by atoms with E-state index in [2.05, 4.69) is 15.1 Å². The number of hydrogen-bond donors (Lipinski definition) is 0. The summed E-state index contributed by atoms with van der Waals surface area (Å²) in [5.74, 6) is 0.416. The first kappa shape index (κ1) is 21.0. The van der Waals surface area contributed by atoms with Crippen LogP contribution < -0.4 is 0 Å². The monoisotopic (exact) mass is 460 g/mol. The van der Waals surface area contributed by atoms with Gasteiger partial charge in [-0.2, -0.15) is 5.10 Å². The first-order chi connectivity index (χ1) is 16.0. The van der Waals surface area contributed by atoms with Crippen molar-refractivity contribution in [1.29, 1.82) is 0 Å².